The van der Waals surface area contributed by atoms with Crippen LogP contribution in [0.5, 0.6) is 0 Å². The Labute approximate surface area is 107 Å². The van der Waals surface area contributed by atoms with Gasteiger partial charge in [-0.25, -0.2) is 4.79 Å². The lowest BCUT2D eigenvalue weighted by molar-refractivity contribution is -0.138. The first-order valence-corrected chi connectivity index (χ1v) is 6.91. The Hall–Kier alpha value is -1.26. The van der Waals surface area contributed by atoms with Gasteiger partial charge in [-0.2, -0.15) is 0 Å². The van der Waals surface area contributed by atoms with Crippen LogP contribution in [0.25, 0.3) is 0 Å². The number of carbonyl (C=O) groups is 2. The van der Waals surface area contributed by atoms with E-state index in [0.717, 1.165) is 31.8 Å². The third-order valence-corrected chi connectivity index (χ3v) is 4.67. The van der Waals surface area contributed by atoms with Crippen LogP contribution in [0, 0.1) is 11.8 Å². The molecule has 18 heavy (non-hydrogen) atoms. The van der Waals surface area contributed by atoms with Crippen LogP contribution in [0.3, 0.4) is 0 Å². The van der Waals surface area contributed by atoms with E-state index in [1.807, 2.05) is 9.80 Å². The second kappa shape index (κ2) is 4.44. The standard InChI is InChI=1S/C13H20N2O3/c16-12(17)6-10-3-4-14(7-10)13(18)15-8-9-1-2-11(15)5-9/h9-11H,1-8H2,(H,16,17). The summed E-state index contributed by atoms with van der Waals surface area (Å²) in [4.78, 5) is 26.9. The molecule has 2 aliphatic heterocycles. The maximum atomic E-state index is 12.4. The molecule has 100 valence electrons. The number of hydrogen-bond acceptors (Lipinski definition) is 2. The molecule has 1 saturated carbocycles. The van der Waals surface area contributed by atoms with Gasteiger partial charge in [-0.3, -0.25) is 4.79 Å². The topological polar surface area (TPSA) is 60.9 Å². The number of hydrogen-bond donors (Lipinski definition) is 1. The maximum Gasteiger partial charge on any atom is 0.320 e. The highest BCUT2D eigenvalue weighted by Crippen LogP contribution is 2.38. The minimum absolute atomic E-state index is 0.145. The monoisotopic (exact) mass is 252 g/mol. The molecule has 2 saturated heterocycles. The summed E-state index contributed by atoms with van der Waals surface area (Å²) >= 11 is 0. The summed E-state index contributed by atoms with van der Waals surface area (Å²) in [6.45, 7) is 2.27. The molecule has 3 aliphatic rings. The number of fused-ring (bicyclic) bond motifs is 2. The van der Waals surface area contributed by atoms with Gasteiger partial charge in [0, 0.05) is 32.1 Å². The van der Waals surface area contributed by atoms with Crippen LogP contribution in [-0.4, -0.2) is 52.6 Å². The van der Waals surface area contributed by atoms with Gasteiger partial charge < -0.3 is 14.9 Å². The Bertz CT molecular complexity index is 371. The lowest BCUT2D eigenvalue weighted by Gasteiger charge is -2.31. The lowest BCUT2D eigenvalue weighted by atomic mass is 10.1. The van der Waals surface area contributed by atoms with Gasteiger partial charge in [-0.05, 0) is 37.5 Å². The van der Waals surface area contributed by atoms with Crippen molar-refractivity contribution in [2.45, 2.75) is 38.1 Å². The predicted octanol–water partition coefficient (Wildman–Crippen LogP) is 1.39. The van der Waals surface area contributed by atoms with Crippen LogP contribution in [0.1, 0.15) is 32.1 Å². The summed E-state index contributed by atoms with van der Waals surface area (Å²) in [6.07, 6.45) is 4.63. The molecule has 0 aromatic carbocycles. The van der Waals surface area contributed by atoms with Crippen molar-refractivity contribution >= 4 is 12.0 Å². The van der Waals surface area contributed by atoms with Crippen molar-refractivity contribution in [3.05, 3.63) is 0 Å². The zero-order chi connectivity index (χ0) is 12.7. The Balaban J connectivity index is 1.56. The van der Waals surface area contributed by atoms with Crippen LogP contribution < -0.4 is 0 Å². The second-order valence-electron chi connectivity index (χ2n) is 5.97. The third kappa shape index (κ3) is 2.06. The van der Waals surface area contributed by atoms with E-state index in [2.05, 4.69) is 0 Å². The lowest BCUT2D eigenvalue weighted by Crippen LogP contribution is -2.45. The van der Waals surface area contributed by atoms with Crippen LogP contribution in [0.15, 0.2) is 0 Å². The minimum Gasteiger partial charge on any atom is -0.481 e. The summed E-state index contributed by atoms with van der Waals surface area (Å²) < 4.78 is 0. The van der Waals surface area contributed by atoms with Gasteiger partial charge in [0.05, 0.1) is 0 Å². The van der Waals surface area contributed by atoms with E-state index < -0.39 is 5.97 Å². The Morgan fingerprint density at radius 2 is 2.00 bits per heavy atom. The SMILES string of the molecule is O=C(O)CC1CCN(C(=O)N2CC3CCC2C3)C1. The van der Waals surface area contributed by atoms with Gasteiger partial charge in [0.25, 0.3) is 0 Å². The number of likely N-dealkylation sites (tertiary alicyclic amines) is 2. The molecular weight excluding hydrogens is 232 g/mol. The fourth-order valence-electron chi connectivity index (χ4n) is 3.76. The minimum atomic E-state index is -0.755. The number of urea groups is 1. The van der Waals surface area contributed by atoms with Crippen molar-refractivity contribution in [2.24, 2.45) is 11.8 Å². The first kappa shape index (κ1) is 11.8. The quantitative estimate of drug-likeness (QED) is 0.807. The molecule has 0 radical (unpaired) electrons. The van der Waals surface area contributed by atoms with E-state index in [4.69, 9.17) is 5.11 Å². The molecular formula is C13H20N2O3. The number of carbonyl (C=O) groups excluding carboxylic acids is 1. The van der Waals surface area contributed by atoms with Gasteiger partial charge in [0.2, 0.25) is 0 Å². The molecule has 3 fully saturated rings. The molecule has 2 heterocycles. The molecule has 0 spiro atoms. The molecule has 1 aliphatic carbocycles. The summed E-state index contributed by atoms with van der Waals surface area (Å²) in [5.41, 5.74) is 0. The highest BCUT2D eigenvalue weighted by molar-refractivity contribution is 5.76. The van der Waals surface area contributed by atoms with Gasteiger partial charge in [-0.15, -0.1) is 0 Å². The Kier molecular flexibility index (Phi) is 2.92. The van der Waals surface area contributed by atoms with E-state index in [9.17, 15) is 9.59 Å². The summed E-state index contributed by atoms with van der Waals surface area (Å²) in [6, 6.07) is 0.608. The fraction of sp³-hybridized carbons (Fsp3) is 0.846. The van der Waals surface area contributed by atoms with E-state index in [0.29, 0.717) is 12.6 Å². The fourth-order valence-corrected chi connectivity index (χ4v) is 3.76. The van der Waals surface area contributed by atoms with Gasteiger partial charge in [0.1, 0.15) is 0 Å². The molecule has 0 aromatic heterocycles. The first-order valence-electron chi connectivity index (χ1n) is 6.91. The molecule has 5 nitrogen and oxygen atoms in total. The third-order valence-electron chi connectivity index (χ3n) is 4.67. The number of carboxylic acids is 1. The van der Waals surface area contributed by atoms with Gasteiger partial charge in [0.15, 0.2) is 0 Å². The van der Waals surface area contributed by atoms with Crippen LogP contribution >= 0.6 is 0 Å². The predicted molar refractivity (Wildman–Crippen MR) is 65.2 cm³/mol. The number of rotatable bonds is 2. The van der Waals surface area contributed by atoms with Crippen LogP contribution in [0.2, 0.25) is 0 Å². The molecule has 3 unspecified atom stereocenters. The average Bonchev–Trinajstić information content (AvgIpc) is 3.01. The normalized spacial score (nSPS) is 34.3. The summed E-state index contributed by atoms with van der Waals surface area (Å²) in [5.74, 6) is 0.108. The highest BCUT2D eigenvalue weighted by Gasteiger charge is 2.42. The van der Waals surface area contributed by atoms with Crippen molar-refractivity contribution in [3.8, 4) is 0 Å². The number of piperidine rings is 1. The van der Waals surface area contributed by atoms with E-state index in [-0.39, 0.29) is 18.4 Å². The number of nitrogens with zero attached hydrogens (tertiary/aromatic N) is 2. The largest absolute Gasteiger partial charge is 0.481 e. The summed E-state index contributed by atoms with van der Waals surface area (Å²) in [5, 5.41) is 8.78. The van der Waals surface area contributed by atoms with E-state index >= 15 is 0 Å². The average molecular weight is 252 g/mol. The van der Waals surface area contributed by atoms with Gasteiger partial charge in [-0.1, -0.05) is 0 Å². The zero-order valence-corrected chi connectivity index (χ0v) is 10.5. The van der Waals surface area contributed by atoms with E-state index in [1.54, 1.807) is 0 Å². The van der Waals surface area contributed by atoms with Crippen molar-refractivity contribution in [1.29, 1.82) is 0 Å². The smallest absolute Gasteiger partial charge is 0.320 e. The van der Waals surface area contributed by atoms with Gasteiger partial charge >= 0.3 is 12.0 Å². The molecule has 2 amide bonds. The molecule has 5 heteroatoms. The molecule has 0 aromatic rings. The van der Waals surface area contributed by atoms with Crippen molar-refractivity contribution < 1.29 is 14.7 Å². The Morgan fingerprint density at radius 1 is 1.17 bits per heavy atom. The van der Waals surface area contributed by atoms with Crippen molar-refractivity contribution in [3.63, 3.8) is 0 Å². The zero-order valence-electron chi connectivity index (χ0n) is 10.5. The second-order valence-corrected chi connectivity index (χ2v) is 5.97. The number of carboxylic acid groups (broad SMARTS) is 1. The Morgan fingerprint density at radius 3 is 2.61 bits per heavy atom. The van der Waals surface area contributed by atoms with E-state index in [1.165, 1.54) is 12.8 Å². The molecule has 3 rings (SSSR count). The number of amides is 2. The number of aliphatic carboxylic acids is 1. The van der Waals surface area contributed by atoms with Crippen molar-refractivity contribution in [1.82, 2.24) is 9.80 Å². The molecule has 3 atom stereocenters. The van der Waals surface area contributed by atoms with Crippen LogP contribution in [-0.2, 0) is 4.79 Å². The van der Waals surface area contributed by atoms with Crippen LogP contribution in [0.4, 0.5) is 4.79 Å². The first-order chi connectivity index (χ1) is 8.63. The summed E-state index contributed by atoms with van der Waals surface area (Å²) in [7, 11) is 0. The molecule has 1 N–H and O–H groups in total. The van der Waals surface area contributed by atoms with Crippen molar-refractivity contribution in [2.75, 3.05) is 19.6 Å². The highest BCUT2D eigenvalue weighted by atomic mass is 16.4. The maximum absolute atomic E-state index is 12.4. The molecule has 2 bridgehead atoms.